The van der Waals surface area contributed by atoms with Gasteiger partial charge >= 0.3 is 0 Å². The monoisotopic (exact) mass is 300 g/mol. The number of carbonyl (C=O) groups excluding carboxylic acids is 2. The van der Waals surface area contributed by atoms with Crippen molar-refractivity contribution in [1.29, 1.82) is 0 Å². The molecule has 2 rings (SSSR count). The van der Waals surface area contributed by atoms with E-state index in [0.29, 0.717) is 0 Å². The normalized spacial score (nSPS) is 9.86. The van der Waals surface area contributed by atoms with E-state index in [1.807, 2.05) is 31.2 Å². The van der Waals surface area contributed by atoms with E-state index >= 15 is 0 Å². The zero-order valence-electron chi connectivity index (χ0n) is 12.1. The molecule has 0 saturated carbocycles. The predicted octanol–water partition coefficient (Wildman–Crippen LogP) is 1.02. The number of aryl methyl sites for hydroxylation is 1. The van der Waals surface area contributed by atoms with E-state index in [2.05, 4.69) is 20.8 Å². The molecular weight excluding hydrogens is 284 g/mol. The zero-order valence-corrected chi connectivity index (χ0v) is 12.1. The number of hydrogen-bond acceptors (Lipinski definition) is 5. The number of ether oxygens (including phenoxy) is 1. The van der Waals surface area contributed by atoms with Crippen molar-refractivity contribution in [2.24, 2.45) is 0 Å². The van der Waals surface area contributed by atoms with Crippen molar-refractivity contribution in [3.63, 3.8) is 0 Å². The standard InChI is InChI=1S/C15H16N4O3/c1-11-4-2-3-5-13(11)22-9-6-14(20)18-19-15(21)12-10-16-7-8-17-12/h2-5,7-8,10H,6,9H2,1H3,(H,18,20)(H,19,21). The number of nitrogens with zero attached hydrogens (tertiary/aromatic N) is 2. The first kappa shape index (κ1) is 15.4. The van der Waals surface area contributed by atoms with Gasteiger partial charge in [0.15, 0.2) is 0 Å². The summed E-state index contributed by atoms with van der Waals surface area (Å²) >= 11 is 0. The van der Waals surface area contributed by atoms with Crippen LogP contribution in [0.3, 0.4) is 0 Å². The molecule has 7 heteroatoms. The number of amides is 2. The second-order valence-corrected chi connectivity index (χ2v) is 4.46. The van der Waals surface area contributed by atoms with E-state index in [4.69, 9.17) is 4.74 Å². The molecule has 2 N–H and O–H groups in total. The van der Waals surface area contributed by atoms with Crippen molar-refractivity contribution in [3.8, 4) is 5.75 Å². The van der Waals surface area contributed by atoms with Crippen LogP contribution in [0.2, 0.25) is 0 Å². The first-order valence-corrected chi connectivity index (χ1v) is 6.70. The van der Waals surface area contributed by atoms with Crippen molar-refractivity contribution in [2.45, 2.75) is 13.3 Å². The minimum atomic E-state index is -0.527. The molecule has 0 unspecified atom stereocenters. The topological polar surface area (TPSA) is 93.2 Å². The fraction of sp³-hybridized carbons (Fsp3) is 0.200. The third kappa shape index (κ3) is 4.55. The van der Waals surface area contributed by atoms with E-state index in [0.717, 1.165) is 11.3 Å². The van der Waals surface area contributed by atoms with Crippen LogP contribution in [0.4, 0.5) is 0 Å². The molecule has 0 aliphatic carbocycles. The Morgan fingerprint density at radius 2 is 2.00 bits per heavy atom. The lowest BCUT2D eigenvalue weighted by atomic mass is 10.2. The largest absolute Gasteiger partial charge is 0.493 e. The lowest BCUT2D eigenvalue weighted by Gasteiger charge is -2.09. The molecule has 2 aromatic rings. The first-order valence-electron chi connectivity index (χ1n) is 6.70. The van der Waals surface area contributed by atoms with E-state index in [-0.39, 0.29) is 24.6 Å². The number of para-hydroxylation sites is 1. The summed E-state index contributed by atoms with van der Waals surface area (Å²) in [7, 11) is 0. The van der Waals surface area contributed by atoms with Crippen LogP contribution in [0, 0.1) is 6.92 Å². The summed E-state index contributed by atoms with van der Waals surface area (Å²) in [5.74, 6) is -0.147. The van der Waals surface area contributed by atoms with Gasteiger partial charge in [-0.3, -0.25) is 25.4 Å². The van der Waals surface area contributed by atoms with Gasteiger partial charge in [0.2, 0.25) is 5.91 Å². The first-order chi connectivity index (χ1) is 10.7. The minimum absolute atomic E-state index is 0.120. The molecule has 0 saturated heterocycles. The van der Waals surface area contributed by atoms with Gasteiger partial charge in [-0.2, -0.15) is 0 Å². The third-order valence-corrected chi connectivity index (χ3v) is 2.79. The van der Waals surface area contributed by atoms with Crippen LogP contribution >= 0.6 is 0 Å². The second kappa shape index (κ2) is 7.72. The van der Waals surface area contributed by atoms with Gasteiger partial charge in [-0.1, -0.05) is 18.2 Å². The van der Waals surface area contributed by atoms with Gasteiger partial charge in [0.1, 0.15) is 11.4 Å². The number of hydrogen-bond donors (Lipinski definition) is 2. The van der Waals surface area contributed by atoms with Gasteiger partial charge in [-0.15, -0.1) is 0 Å². The fourth-order valence-corrected chi connectivity index (χ4v) is 1.64. The maximum absolute atomic E-state index is 11.6. The Balaban J connectivity index is 1.70. The second-order valence-electron chi connectivity index (χ2n) is 4.46. The summed E-state index contributed by atoms with van der Waals surface area (Å²) in [5, 5.41) is 0. The lowest BCUT2D eigenvalue weighted by molar-refractivity contribution is -0.122. The maximum Gasteiger partial charge on any atom is 0.289 e. The van der Waals surface area contributed by atoms with E-state index in [9.17, 15) is 9.59 Å². The van der Waals surface area contributed by atoms with E-state index in [1.54, 1.807) is 0 Å². The number of aromatic nitrogens is 2. The zero-order chi connectivity index (χ0) is 15.8. The number of nitrogens with one attached hydrogen (secondary N) is 2. The Morgan fingerprint density at radius 1 is 1.18 bits per heavy atom. The molecule has 0 fully saturated rings. The fourth-order valence-electron chi connectivity index (χ4n) is 1.64. The highest BCUT2D eigenvalue weighted by atomic mass is 16.5. The summed E-state index contributed by atoms with van der Waals surface area (Å²) < 4.78 is 5.50. The summed E-state index contributed by atoms with van der Waals surface area (Å²) in [6.45, 7) is 2.15. The van der Waals surface area contributed by atoms with Crippen LogP contribution in [0.5, 0.6) is 5.75 Å². The van der Waals surface area contributed by atoms with Gasteiger partial charge in [-0.25, -0.2) is 4.98 Å². The summed E-state index contributed by atoms with van der Waals surface area (Å²) in [6, 6.07) is 7.54. The Morgan fingerprint density at radius 3 is 2.73 bits per heavy atom. The van der Waals surface area contributed by atoms with Crippen LogP contribution in [-0.4, -0.2) is 28.4 Å². The highest BCUT2D eigenvalue weighted by Crippen LogP contribution is 2.15. The van der Waals surface area contributed by atoms with Crippen molar-refractivity contribution in [2.75, 3.05) is 6.61 Å². The van der Waals surface area contributed by atoms with Crippen LogP contribution in [0.25, 0.3) is 0 Å². The molecule has 0 aliphatic heterocycles. The quantitative estimate of drug-likeness (QED) is 0.804. The van der Waals surface area contributed by atoms with Crippen LogP contribution in [0.1, 0.15) is 22.5 Å². The van der Waals surface area contributed by atoms with Gasteiger partial charge in [0.05, 0.1) is 19.2 Å². The molecule has 0 spiro atoms. The van der Waals surface area contributed by atoms with Gasteiger partial charge < -0.3 is 4.74 Å². The molecule has 0 bridgehead atoms. The molecular formula is C15H16N4O3. The molecule has 1 aromatic heterocycles. The molecule has 22 heavy (non-hydrogen) atoms. The Labute approximate surface area is 127 Å². The molecule has 7 nitrogen and oxygen atoms in total. The average molecular weight is 300 g/mol. The molecule has 2 amide bonds. The molecule has 1 aromatic carbocycles. The Bertz CT molecular complexity index is 646. The summed E-state index contributed by atoms with van der Waals surface area (Å²) in [6.07, 6.45) is 4.28. The van der Waals surface area contributed by atoms with Crippen LogP contribution in [0.15, 0.2) is 42.9 Å². The number of rotatable bonds is 5. The average Bonchev–Trinajstić information content (AvgIpc) is 2.55. The number of hydrazine groups is 1. The molecule has 1 heterocycles. The van der Waals surface area contributed by atoms with Crippen LogP contribution < -0.4 is 15.6 Å². The van der Waals surface area contributed by atoms with Gasteiger partial charge in [-0.05, 0) is 18.6 Å². The highest BCUT2D eigenvalue weighted by Gasteiger charge is 2.08. The van der Waals surface area contributed by atoms with E-state index in [1.165, 1.54) is 18.6 Å². The summed E-state index contributed by atoms with van der Waals surface area (Å²) in [4.78, 5) is 30.8. The smallest absolute Gasteiger partial charge is 0.289 e. The Hall–Kier alpha value is -2.96. The van der Waals surface area contributed by atoms with Gasteiger partial charge in [0, 0.05) is 12.4 Å². The minimum Gasteiger partial charge on any atom is -0.493 e. The molecule has 114 valence electrons. The predicted molar refractivity (Wildman–Crippen MR) is 78.9 cm³/mol. The lowest BCUT2D eigenvalue weighted by Crippen LogP contribution is -2.42. The molecule has 0 aliphatic rings. The van der Waals surface area contributed by atoms with Crippen molar-refractivity contribution in [1.82, 2.24) is 20.8 Å². The van der Waals surface area contributed by atoms with Crippen LogP contribution in [-0.2, 0) is 4.79 Å². The Kier molecular flexibility index (Phi) is 5.42. The molecule has 0 radical (unpaired) electrons. The van der Waals surface area contributed by atoms with E-state index < -0.39 is 5.91 Å². The molecule has 0 atom stereocenters. The highest BCUT2D eigenvalue weighted by molar-refractivity contribution is 5.93. The van der Waals surface area contributed by atoms with Crippen molar-refractivity contribution in [3.05, 3.63) is 54.1 Å². The maximum atomic E-state index is 11.6. The SMILES string of the molecule is Cc1ccccc1OCCC(=O)NNC(=O)c1cnccn1. The van der Waals surface area contributed by atoms with Gasteiger partial charge in [0.25, 0.3) is 5.91 Å². The number of carbonyl (C=O) groups is 2. The number of benzene rings is 1. The van der Waals surface area contributed by atoms with Crippen molar-refractivity contribution < 1.29 is 14.3 Å². The third-order valence-electron chi connectivity index (χ3n) is 2.79. The van der Waals surface area contributed by atoms with Crippen molar-refractivity contribution >= 4 is 11.8 Å². The summed E-state index contributed by atoms with van der Waals surface area (Å²) in [5.41, 5.74) is 5.68.